The number of rotatable bonds is 6. The Labute approximate surface area is 87.5 Å². The van der Waals surface area contributed by atoms with Crippen molar-refractivity contribution in [3.63, 3.8) is 0 Å². The lowest BCUT2D eigenvalue weighted by Gasteiger charge is -2.09. The highest BCUT2D eigenvalue weighted by atomic mass is 16.1. The number of unbranched alkanes of at least 4 members (excludes halogenated alkanes) is 2. The minimum Gasteiger partial charge on any atom is -0.356 e. The van der Waals surface area contributed by atoms with E-state index >= 15 is 0 Å². The molecule has 0 aliphatic heterocycles. The van der Waals surface area contributed by atoms with E-state index in [9.17, 15) is 4.79 Å². The Hall–Kier alpha value is -0.530. The molecule has 0 heterocycles. The monoisotopic (exact) mass is 197 g/mol. The summed E-state index contributed by atoms with van der Waals surface area (Å²) in [6.45, 7) is 3.06. The van der Waals surface area contributed by atoms with Gasteiger partial charge in [0.2, 0.25) is 5.91 Å². The molecule has 0 aromatic rings. The van der Waals surface area contributed by atoms with Gasteiger partial charge in [-0.3, -0.25) is 4.79 Å². The molecule has 0 aromatic carbocycles. The second-order valence-electron chi connectivity index (χ2n) is 4.41. The minimum atomic E-state index is 0.271. The van der Waals surface area contributed by atoms with Crippen molar-refractivity contribution in [3.8, 4) is 0 Å². The van der Waals surface area contributed by atoms with Gasteiger partial charge in [0.25, 0.3) is 0 Å². The Morgan fingerprint density at radius 1 is 1.29 bits per heavy atom. The Kier molecular flexibility index (Phi) is 5.65. The number of carbonyl (C=O) groups excluding carboxylic acids is 1. The third-order valence-corrected chi connectivity index (χ3v) is 3.05. The van der Waals surface area contributed by atoms with Gasteiger partial charge in [-0.05, 0) is 25.2 Å². The summed E-state index contributed by atoms with van der Waals surface area (Å²) < 4.78 is 0. The van der Waals surface area contributed by atoms with Crippen molar-refractivity contribution in [2.24, 2.45) is 5.92 Å². The lowest BCUT2D eigenvalue weighted by molar-refractivity contribution is -0.121. The normalized spacial score (nSPS) is 17.2. The first-order valence-electron chi connectivity index (χ1n) is 6.09. The van der Waals surface area contributed by atoms with Crippen molar-refractivity contribution in [2.75, 3.05) is 6.54 Å². The largest absolute Gasteiger partial charge is 0.356 e. The predicted octanol–water partition coefficient (Wildman–Crippen LogP) is 2.87. The van der Waals surface area contributed by atoms with Crippen LogP contribution in [-0.2, 0) is 4.79 Å². The second-order valence-corrected chi connectivity index (χ2v) is 4.41. The SMILES string of the molecule is CCCCCNC(=O)CC1CCCC1. The maximum atomic E-state index is 11.5. The summed E-state index contributed by atoms with van der Waals surface area (Å²) in [5, 5.41) is 3.01. The fourth-order valence-electron chi connectivity index (χ4n) is 2.15. The van der Waals surface area contributed by atoms with Crippen LogP contribution in [0.5, 0.6) is 0 Å². The maximum absolute atomic E-state index is 11.5. The van der Waals surface area contributed by atoms with Crippen LogP contribution in [0.4, 0.5) is 0 Å². The molecule has 1 aliphatic rings. The molecule has 2 heteroatoms. The fourth-order valence-corrected chi connectivity index (χ4v) is 2.15. The molecule has 82 valence electrons. The smallest absolute Gasteiger partial charge is 0.220 e. The number of nitrogens with one attached hydrogen (secondary N) is 1. The van der Waals surface area contributed by atoms with Gasteiger partial charge in [-0.15, -0.1) is 0 Å². The Morgan fingerprint density at radius 2 is 2.00 bits per heavy atom. The zero-order valence-electron chi connectivity index (χ0n) is 9.35. The van der Waals surface area contributed by atoms with Gasteiger partial charge in [-0.1, -0.05) is 32.6 Å². The van der Waals surface area contributed by atoms with Crippen LogP contribution in [0.2, 0.25) is 0 Å². The van der Waals surface area contributed by atoms with E-state index in [4.69, 9.17) is 0 Å². The van der Waals surface area contributed by atoms with E-state index in [1.165, 1.54) is 38.5 Å². The van der Waals surface area contributed by atoms with Crippen molar-refractivity contribution >= 4 is 5.91 Å². The molecule has 14 heavy (non-hydrogen) atoms. The van der Waals surface area contributed by atoms with Crippen LogP contribution in [-0.4, -0.2) is 12.5 Å². The third-order valence-electron chi connectivity index (χ3n) is 3.05. The molecular weight excluding hydrogens is 174 g/mol. The zero-order valence-corrected chi connectivity index (χ0v) is 9.35. The van der Waals surface area contributed by atoms with Crippen molar-refractivity contribution in [1.82, 2.24) is 5.32 Å². The van der Waals surface area contributed by atoms with Gasteiger partial charge in [0.05, 0.1) is 0 Å². The van der Waals surface area contributed by atoms with Crippen LogP contribution in [0.1, 0.15) is 58.3 Å². The van der Waals surface area contributed by atoms with Crippen LogP contribution in [0.25, 0.3) is 0 Å². The lowest BCUT2D eigenvalue weighted by atomic mass is 10.0. The molecule has 1 amide bonds. The molecule has 0 saturated heterocycles. The summed E-state index contributed by atoms with van der Waals surface area (Å²) in [4.78, 5) is 11.5. The number of hydrogen-bond acceptors (Lipinski definition) is 1. The minimum absolute atomic E-state index is 0.271. The molecule has 1 rings (SSSR count). The van der Waals surface area contributed by atoms with Crippen molar-refractivity contribution in [1.29, 1.82) is 0 Å². The molecule has 0 aromatic heterocycles. The first-order valence-corrected chi connectivity index (χ1v) is 6.09. The van der Waals surface area contributed by atoms with Gasteiger partial charge in [-0.2, -0.15) is 0 Å². The predicted molar refractivity (Wildman–Crippen MR) is 59.1 cm³/mol. The van der Waals surface area contributed by atoms with E-state index in [1.807, 2.05) is 0 Å². The fraction of sp³-hybridized carbons (Fsp3) is 0.917. The second kappa shape index (κ2) is 6.86. The summed E-state index contributed by atoms with van der Waals surface area (Å²) in [5.41, 5.74) is 0. The summed E-state index contributed by atoms with van der Waals surface area (Å²) >= 11 is 0. The molecular formula is C12H23NO. The molecule has 0 spiro atoms. The highest BCUT2D eigenvalue weighted by Gasteiger charge is 2.17. The lowest BCUT2D eigenvalue weighted by Crippen LogP contribution is -2.25. The molecule has 0 bridgehead atoms. The van der Waals surface area contributed by atoms with Gasteiger partial charge in [-0.25, -0.2) is 0 Å². The number of carbonyl (C=O) groups is 1. The molecule has 2 nitrogen and oxygen atoms in total. The third kappa shape index (κ3) is 4.64. The average Bonchev–Trinajstić information content (AvgIpc) is 2.65. The van der Waals surface area contributed by atoms with E-state index in [1.54, 1.807) is 0 Å². The maximum Gasteiger partial charge on any atom is 0.220 e. The first-order chi connectivity index (χ1) is 6.83. The Morgan fingerprint density at radius 3 is 2.64 bits per heavy atom. The molecule has 0 radical (unpaired) electrons. The molecule has 1 aliphatic carbocycles. The first kappa shape index (κ1) is 11.5. The summed E-state index contributed by atoms with van der Waals surface area (Å²) in [7, 11) is 0. The Bertz CT molecular complexity index is 162. The van der Waals surface area contributed by atoms with Gasteiger partial charge in [0, 0.05) is 13.0 Å². The molecule has 1 saturated carbocycles. The Balaban J connectivity index is 1.98. The highest BCUT2D eigenvalue weighted by Crippen LogP contribution is 2.27. The van der Waals surface area contributed by atoms with Gasteiger partial charge < -0.3 is 5.32 Å². The molecule has 1 N–H and O–H groups in total. The van der Waals surface area contributed by atoms with Gasteiger partial charge >= 0.3 is 0 Å². The van der Waals surface area contributed by atoms with Crippen LogP contribution < -0.4 is 5.32 Å². The zero-order chi connectivity index (χ0) is 10.2. The van der Waals surface area contributed by atoms with Crippen LogP contribution in [0.15, 0.2) is 0 Å². The van der Waals surface area contributed by atoms with Crippen molar-refractivity contribution in [3.05, 3.63) is 0 Å². The molecule has 0 unspecified atom stereocenters. The van der Waals surface area contributed by atoms with E-state index in [2.05, 4.69) is 12.2 Å². The van der Waals surface area contributed by atoms with E-state index < -0.39 is 0 Å². The van der Waals surface area contributed by atoms with Crippen LogP contribution in [0.3, 0.4) is 0 Å². The van der Waals surface area contributed by atoms with E-state index in [0.29, 0.717) is 5.92 Å². The van der Waals surface area contributed by atoms with Crippen LogP contribution in [0, 0.1) is 5.92 Å². The quantitative estimate of drug-likeness (QED) is 0.652. The summed E-state index contributed by atoms with van der Waals surface area (Å²) in [5.74, 6) is 0.953. The average molecular weight is 197 g/mol. The van der Waals surface area contributed by atoms with Crippen molar-refractivity contribution in [2.45, 2.75) is 58.3 Å². The van der Waals surface area contributed by atoms with Crippen LogP contribution >= 0.6 is 0 Å². The van der Waals surface area contributed by atoms with E-state index in [0.717, 1.165) is 19.4 Å². The van der Waals surface area contributed by atoms with Crippen molar-refractivity contribution < 1.29 is 4.79 Å². The topological polar surface area (TPSA) is 29.1 Å². The summed E-state index contributed by atoms with van der Waals surface area (Å²) in [6, 6.07) is 0. The number of hydrogen-bond donors (Lipinski definition) is 1. The van der Waals surface area contributed by atoms with Gasteiger partial charge in [0.1, 0.15) is 0 Å². The standard InChI is InChI=1S/C12H23NO/c1-2-3-6-9-13-12(14)10-11-7-4-5-8-11/h11H,2-10H2,1H3,(H,13,14). The summed E-state index contributed by atoms with van der Waals surface area (Å²) in [6.07, 6.45) is 9.54. The number of amides is 1. The van der Waals surface area contributed by atoms with E-state index in [-0.39, 0.29) is 5.91 Å². The highest BCUT2D eigenvalue weighted by molar-refractivity contribution is 5.76. The molecule has 0 atom stereocenters. The molecule has 1 fully saturated rings. The van der Waals surface area contributed by atoms with Gasteiger partial charge in [0.15, 0.2) is 0 Å².